The van der Waals surface area contributed by atoms with Crippen LogP contribution < -0.4 is 0 Å². The minimum Gasteiger partial charge on any atom is -0.478 e. The fourth-order valence-electron chi connectivity index (χ4n) is 1.89. The zero-order valence-electron chi connectivity index (χ0n) is 9.03. The van der Waals surface area contributed by atoms with Gasteiger partial charge in [-0.2, -0.15) is 18.3 Å². The summed E-state index contributed by atoms with van der Waals surface area (Å²) in [5.41, 5.74) is -1.95. The minimum absolute atomic E-state index is 0.164. The van der Waals surface area contributed by atoms with Gasteiger partial charge in [0.2, 0.25) is 0 Å². The van der Waals surface area contributed by atoms with Gasteiger partial charge in [-0.1, -0.05) is 0 Å². The van der Waals surface area contributed by atoms with Gasteiger partial charge in [-0.15, -0.1) is 0 Å². The van der Waals surface area contributed by atoms with Crippen LogP contribution in [0.2, 0.25) is 0 Å². The van der Waals surface area contributed by atoms with Gasteiger partial charge in [-0.25, -0.2) is 4.79 Å². The largest absolute Gasteiger partial charge is 0.478 e. The molecule has 1 heterocycles. The molecule has 1 aliphatic carbocycles. The number of aromatic nitrogens is 2. The molecule has 1 aromatic rings. The molecule has 1 atom stereocenters. The summed E-state index contributed by atoms with van der Waals surface area (Å²) in [6.45, 7) is 1.63. The summed E-state index contributed by atoms with van der Waals surface area (Å²) in [6.07, 6.45) is -2.21. The van der Waals surface area contributed by atoms with E-state index in [-0.39, 0.29) is 5.92 Å². The molecule has 0 aromatic carbocycles. The molecule has 1 aliphatic rings. The summed E-state index contributed by atoms with van der Waals surface area (Å²) in [4.78, 5) is 10.7. The van der Waals surface area contributed by atoms with E-state index in [0.29, 0.717) is 0 Å². The Kier molecular flexibility index (Phi) is 2.63. The molecule has 17 heavy (non-hydrogen) atoms. The van der Waals surface area contributed by atoms with Gasteiger partial charge >= 0.3 is 12.1 Å². The van der Waals surface area contributed by atoms with Gasteiger partial charge in [0, 0.05) is 0 Å². The number of rotatable bonds is 3. The highest BCUT2D eigenvalue weighted by molar-refractivity contribution is 5.88. The standard InChI is InChI=1S/C10H11F3N2O2/c1-5(6-2-3-6)15-8(10(11,12)13)7(4-14-15)9(16)17/h4-6H,2-3H2,1H3,(H,16,17). The van der Waals surface area contributed by atoms with Crippen molar-refractivity contribution >= 4 is 5.97 Å². The summed E-state index contributed by atoms with van der Waals surface area (Å²) in [7, 11) is 0. The topological polar surface area (TPSA) is 55.1 Å². The maximum Gasteiger partial charge on any atom is 0.433 e. The molecule has 0 amide bonds. The lowest BCUT2D eigenvalue weighted by atomic mass is 10.2. The number of carbonyl (C=O) groups is 1. The molecule has 1 N–H and O–H groups in total. The van der Waals surface area contributed by atoms with Gasteiger partial charge in [0.1, 0.15) is 5.56 Å². The SMILES string of the molecule is CC(C1CC1)n1ncc(C(=O)O)c1C(F)(F)F. The summed E-state index contributed by atoms with van der Waals surface area (Å²) in [5.74, 6) is -1.44. The van der Waals surface area contributed by atoms with Crippen molar-refractivity contribution in [1.29, 1.82) is 0 Å². The van der Waals surface area contributed by atoms with Crippen LogP contribution in [0.1, 0.15) is 41.9 Å². The zero-order valence-corrected chi connectivity index (χ0v) is 9.03. The Morgan fingerprint density at radius 2 is 2.18 bits per heavy atom. The average Bonchev–Trinajstić information content (AvgIpc) is 2.92. The molecule has 0 bridgehead atoms. The van der Waals surface area contributed by atoms with Gasteiger partial charge in [-0.3, -0.25) is 4.68 Å². The van der Waals surface area contributed by atoms with Crippen LogP contribution in [-0.4, -0.2) is 20.9 Å². The average molecular weight is 248 g/mol. The van der Waals surface area contributed by atoms with Crippen LogP contribution in [0.25, 0.3) is 0 Å². The quantitative estimate of drug-likeness (QED) is 0.894. The summed E-state index contributed by atoms with van der Waals surface area (Å²) in [6, 6.07) is -0.417. The van der Waals surface area contributed by atoms with Crippen molar-refractivity contribution in [2.24, 2.45) is 5.92 Å². The third-order valence-electron chi connectivity index (χ3n) is 2.98. The van der Waals surface area contributed by atoms with Crippen molar-refractivity contribution in [3.63, 3.8) is 0 Å². The Labute approximate surface area is 95.0 Å². The highest BCUT2D eigenvalue weighted by Gasteiger charge is 2.43. The monoisotopic (exact) mass is 248 g/mol. The molecule has 94 valence electrons. The fourth-order valence-corrected chi connectivity index (χ4v) is 1.89. The van der Waals surface area contributed by atoms with Crippen LogP contribution >= 0.6 is 0 Å². The van der Waals surface area contributed by atoms with Crippen LogP contribution in [0, 0.1) is 5.92 Å². The van der Waals surface area contributed by atoms with Crippen molar-refractivity contribution in [2.75, 3.05) is 0 Å². The molecule has 1 unspecified atom stereocenters. The molecule has 4 nitrogen and oxygen atoms in total. The molecular weight excluding hydrogens is 237 g/mol. The number of alkyl halides is 3. The molecular formula is C10H11F3N2O2. The number of aromatic carboxylic acids is 1. The van der Waals surface area contributed by atoms with Crippen LogP contribution in [0.5, 0.6) is 0 Å². The molecule has 0 radical (unpaired) electrons. The second-order valence-electron chi connectivity index (χ2n) is 4.23. The van der Waals surface area contributed by atoms with E-state index in [1.165, 1.54) is 0 Å². The Hall–Kier alpha value is -1.53. The number of hydrogen-bond donors (Lipinski definition) is 1. The lowest BCUT2D eigenvalue weighted by Crippen LogP contribution is -2.21. The molecule has 1 saturated carbocycles. The molecule has 0 spiro atoms. The van der Waals surface area contributed by atoms with E-state index in [4.69, 9.17) is 5.11 Å². The third-order valence-corrected chi connectivity index (χ3v) is 2.98. The Balaban J connectivity index is 2.48. The van der Waals surface area contributed by atoms with Crippen molar-refractivity contribution in [3.05, 3.63) is 17.5 Å². The molecule has 2 rings (SSSR count). The normalized spacial score (nSPS) is 18.1. The van der Waals surface area contributed by atoms with Crippen LogP contribution in [0.4, 0.5) is 13.2 Å². The lowest BCUT2D eigenvalue weighted by Gasteiger charge is -2.17. The Morgan fingerprint density at radius 3 is 2.59 bits per heavy atom. The predicted octanol–water partition coefficient (Wildman–Crippen LogP) is 2.57. The fraction of sp³-hybridized carbons (Fsp3) is 0.600. The lowest BCUT2D eigenvalue weighted by molar-refractivity contribution is -0.145. The van der Waals surface area contributed by atoms with E-state index in [9.17, 15) is 18.0 Å². The first-order valence-electron chi connectivity index (χ1n) is 5.20. The number of nitrogens with zero attached hydrogens (tertiary/aromatic N) is 2. The van der Waals surface area contributed by atoms with E-state index < -0.39 is 29.4 Å². The number of carboxylic acid groups (broad SMARTS) is 1. The first-order chi connectivity index (χ1) is 7.82. The van der Waals surface area contributed by atoms with E-state index in [1.54, 1.807) is 6.92 Å². The maximum absolute atomic E-state index is 12.8. The maximum atomic E-state index is 12.8. The summed E-state index contributed by atoms with van der Waals surface area (Å²) in [5, 5.41) is 12.3. The number of hydrogen-bond acceptors (Lipinski definition) is 2. The number of carboxylic acids is 1. The van der Waals surface area contributed by atoms with Crippen LogP contribution in [0.15, 0.2) is 6.20 Å². The van der Waals surface area contributed by atoms with Crippen LogP contribution in [-0.2, 0) is 6.18 Å². The van der Waals surface area contributed by atoms with E-state index >= 15 is 0 Å². The molecule has 1 fully saturated rings. The summed E-state index contributed by atoms with van der Waals surface area (Å²) < 4.78 is 39.3. The highest BCUT2D eigenvalue weighted by Crippen LogP contribution is 2.42. The molecule has 0 aliphatic heterocycles. The first-order valence-corrected chi connectivity index (χ1v) is 5.20. The van der Waals surface area contributed by atoms with Gasteiger partial charge in [-0.05, 0) is 25.7 Å². The van der Waals surface area contributed by atoms with Gasteiger partial charge in [0.05, 0.1) is 12.2 Å². The van der Waals surface area contributed by atoms with E-state index in [1.807, 2.05) is 0 Å². The molecule has 7 heteroatoms. The van der Waals surface area contributed by atoms with Crippen molar-refractivity contribution in [2.45, 2.75) is 32.0 Å². The van der Waals surface area contributed by atoms with Gasteiger partial charge < -0.3 is 5.11 Å². The van der Waals surface area contributed by atoms with E-state index in [0.717, 1.165) is 23.7 Å². The molecule has 1 aromatic heterocycles. The highest BCUT2D eigenvalue weighted by atomic mass is 19.4. The van der Waals surface area contributed by atoms with Gasteiger partial charge in [0.25, 0.3) is 0 Å². The van der Waals surface area contributed by atoms with Crippen LogP contribution in [0.3, 0.4) is 0 Å². The Morgan fingerprint density at radius 1 is 1.59 bits per heavy atom. The number of halogens is 3. The van der Waals surface area contributed by atoms with Crippen molar-refractivity contribution in [3.8, 4) is 0 Å². The second kappa shape index (κ2) is 3.75. The van der Waals surface area contributed by atoms with Crippen molar-refractivity contribution < 1.29 is 23.1 Å². The van der Waals surface area contributed by atoms with Crippen molar-refractivity contribution in [1.82, 2.24) is 9.78 Å². The zero-order chi connectivity index (χ0) is 12.8. The third kappa shape index (κ3) is 2.13. The minimum atomic E-state index is -4.70. The Bertz CT molecular complexity index is 449. The predicted molar refractivity (Wildman–Crippen MR) is 51.6 cm³/mol. The molecule has 0 saturated heterocycles. The first kappa shape index (κ1) is 11.9. The second-order valence-corrected chi connectivity index (χ2v) is 4.23. The summed E-state index contributed by atoms with van der Waals surface area (Å²) >= 11 is 0. The van der Waals surface area contributed by atoms with E-state index in [2.05, 4.69) is 5.10 Å². The van der Waals surface area contributed by atoms with Gasteiger partial charge in [0.15, 0.2) is 5.69 Å². The smallest absolute Gasteiger partial charge is 0.433 e.